The van der Waals surface area contributed by atoms with Crippen LogP contribution < -0.4 is 0 Å². The Morgan fingerprint density at radius 2 is 1.95 bits per heavy atom. The molecule has 2 aromatic carbocycles. The van der Waals surface area contributed by atoms with E-state index in [2.05, 4.69) is 16.6 Å². The van der Waals surface area contributed by atoms with Gasteiger partial charge in [0.1, 0.15) is 5.75 Å². The van der Waals surface area contributed by atoms with E-state index in [1.54, 1.807) is 36.4 Å². The number of benzene rings is 2. The molecule has 3 heteroatoms. The Balaban J connectivity index is 2.31. The topological polar surface area (TPSA) is 46.5 Å². The van der Waals surface area contributed by atoms with Crippen LogP contribution in [-0.4, -0.2) is 18.2 Å². The van der Waals surface area contributed by atoms with Gasteiger partial charge < -0.3 is 9.84 Å². The first kappa shape index (κ1) is 13.7. The third-order valence-electron chi connectivity index (χ3n) is 2.84. The van der Waals surface area contributed by atoms with Crippen molar-refractivity contribution >= 4 is 5.97 Å². The largest absolute Gasteiger partial charge is 0.508 e. The second-order valence-corrected chi connectivity index (χ2v) is 4.32. The van der Waals surface area contributed by atoms with Crippen molar-refractivity contribution < 1.29 is 14.6 Å². The van der Waals surface area contributed by atoms with Gasteiger partial charge in [-0.15, -0.1) is 0 Å². The van der Waals surface area contributed by atoms with Crippen LogP contribution in [0.25, 0.3) is 0 Å². The summed E-state index contributed by atoms with van der Waals surface area (Å²) in [4.78, 5) is 11.4. The van der Waals surface area contributed by atoms with Crippen LogP contribution in [0.3, 0.4) is 0 Å². The normalized spacial score (nSPS) is 9.50. The van der Waals surface area contributed by atoms with E-state index in [9.17, 15) is 9.90 Å². The molecule has 1 N–H and O–H groups in total. The molecule has 2 aromatic rings. The lowest BCUT2D eigenvalue weighted by atomic mass is 10.1. The molecule has 0 saturated carbocycles. The fraction of sp³-hybridized carbons (Fsp3) is 0.118. The van der Waals surface area contributed by atoms with Gasteiger partial charge in [-0.05, 0) is 48.9 Å². The van der Waals surface area contributed by atoms with Gasteiger partial charge in [0.05, 0.1) is 12.7 Å². The molecule has 0 aliphatic carbocycles. The van der Waals surface area contributed by atoms with Gasteiger partial charge in [-0.1, -0.05) is 17.9 Å². The van der Waals surface area contributed by atoms with E-state index in [1.807, 2.05) is 13.0 Å². The van der Waals surface area contributed by atoms with Crippen LogP contribution in [0.15, 0.2) is 42.5 Å². The fourth-order valence-corrected chi connectivity index (χ4v) is 1.77. The van der Waals surface area contributed by atoms with Gasteiger partial charge in [0.25, 0.3) is 0 Å². The van der Waals surface area contributed by atoms with Crippen LogP contribution in [0.5, 0.6) is 5.75 Å². The lowest BCUT2D eigenvalue weighted by molar-refractivity contribution is 0.0600. The molecule has 0 aromatic heterocycles. The van der Waals surface area contributed by atoms with Gasteiger partial charge >= 0.3 is 5.97 Å². The molecule has 0 spiro atoms. The molecular weight excluding hydrogens is 252 g/mol. The summed E-state index contributed by atoms with van der Waals surface area (Å²) in [7, 11) is 1.35. The zero-order chi connectivity index (χ0) is 14.5. The Morgan fingerprint density at radius 1 is 1.15 bits per heavy atom. The number of aromatic hydroxyl groups is 1. The van der Waals surface area contributed by atoms with E-state index in [-0.39, 0.29) is 11.7 Å². The number of esters is 1. The van der Waals surface area contributed by atoms with Crippen molar-refractivity contribution in [3.63, 3.8) is 0 Å². The maximum atomic E-state index is 11.4. The number of rotatable bonds is 1. The molecule has 0 aliphatic heterocycles. The molecule has 100 valence electrons. The molecule has 0 bridgehead atoms. The predicted molar refractivity (Wildman–Crippen MR) is 76.6 cm³/mol. The summed E-state index contributed by atoms with van der Waals surface area (Å²) in [6, 6.07) is 12.0. The second kappa shape index (κ2) is 5.94. The van der Waals surface area contributed by atoms with Crippen LogP contribution in [-0.2, 0) is 4.74 Å². The third-order valence-corrected chi connectivity index (χ3v) is 2.84. The van der Waals surface area contributed by atoms with Crippen molar-refractivity contribution in [3.8, 4) is 17.6 Å². The fourth-order valence-electron chi connectivity index (χ4n) is 1.77. The number of aryl methyl sites for hydroxylation is 1. The summed E-state index contributed by atoms with van der Waals surface area (Å²) in [5.41, 5.74) is 2.95. The number of hydrogen-bond acceptors (Lipinski definition) is 3. The van der Waals surface area contributed by atoms with Crippen LogP contribution in [0.1, 0.15) is 27.0 Å². The van der Waals surface area contributed by atoms with E-state index in [0.717, 1.165) is 16.7 Å². The molecule has 20 heavy (non-hydrogen) atoms. The maximum absolute atomic E-state index is 11.4. The Labute approximate surface area is 117 Å². The summed E-state index contributed by atoms with van der Waals surface area (Å²) >= 11 is 0. The second-order valence-electron chi connectivity index (χ2n) is 4.32. The minimum atomic E-state index is -0.380. The highest BCUT2D eigenvalue weighted by atomic mass is 16.5. The van der Waals surface area contributed by atoms with Crippen LogP contribution in [0, 0.1) is 18.8 Å². The van der Waals surface area contributed by atoms with Gasteiger partial charge in [-0.2, -0.15) is 0 Å². The van der Waals surface area contributed by atoms with Crippen molar-refractivity contribution in [2.75, 3.05) is 7.11 Å². The third kappa shape index (κ3) is 3.18. The summed E-state index contributed by atoms with van der Waals surface area (Å²) in [5.74, 6) is 5.87. The summed E-state index contributed by atoms with van der Waals surface area (Å²) in [5, 5.41) is 9.35. The molecule has 0 heterocycles. The maximum Gasteiger partial charge on any atom is 0.337 e. The Hall–Kier alpha value is -2.73. The summed E-state index contributed by atoms with van der Waals surface area (Å²) in [6.45, 7) is 1.88. The standard InChI is InChI=1S/C17H14O3/c1-12-10-16(18)9-8-14(12)7-6-13-4-3-5-15(11-13)17(19)20-2/h3-5,8-11,18H,1-2H3. The smallest absolute Gasteiger partial charge is 0.337 e. The Bertz CT molecular complexity index is 706. The van der Waals surface area contributed by atoms with E-state index in [1.165, 1.54) is 7.11 Å². The minimum Gasteiger partial charge on any atom is -0.508 e. The molecule has 0 saturated heterocycles. The first-order valence-corrected chi connectivity index (χ1v) is 6.10. The van der Waals surface area contributed by atoms with Crippen molar-refractivity contribution in [3.05, 3.63) is 64.7 Å². The van der Waals surface area contributed by atoms with Gasteiger partial charge in [0.15, 0.2) is 0 Å². The SMILES string of the molecule is COC(=O)c1cccc(C#Cc2ccc(O)cc2C)c1. The average Bonchev–Trinajstić information content (AvgIpc) is 2.46. The van der Waals surface area contributed by atoms with Crippen molar-refractivity contribution in [1.82, 2.24) is 0 Å². The lowest BCUT2D eigenvalue weighted by Crippen LogP contribution is -2.00. The number of ether oxygens (including phenoxy) is 1. The molecule has 0 amide bonds. The zero-order valence-corrected chi connectivity index (χ0v) is 11.3. The van der Waals surface area contributed by atoms with Gasteiger partial charge in [0.2, 0.25) is 0 Å². The van der Waals surface area contributed by atoms with Crippen molar-refractivity contribution in [2.45, 2.75) is 6.92 Å². The molecule has 0 aliphatic rings. The average molecular weight is 266 g/mol. The summed E-state index contributed by atoms with van der Waals surface area (Å²) < 4.78 is 4.67. The van der Waals surface area contributed by atoms with Crippen LogP contribution >= 0.6 is 0 Å². The molecule has 2 rings (SSSR count). The molecule has 3 nitrogen and oxygen atoms in total. The first-order chi connectivity index (χ1) is 9.60. The van der Waals surface area contributed by atoms with E-state index < -0.39 is 0 Å². The monoisotopic (exact) mass is 266 g/mol. The van der Waals surface area contributed by atoms with Gasteiger partial charge in [-0.25, -0.2) is 4.79 Å². The van der Waals surface area contributed by atoms with E-state index in [0.29, 0.717) is 5.56 Å². The molecular formula is C17H14O3. The first-order valence-electron chi connectivity index (χ1n) is 6.10. The van der Waals surface area contributed by atoms with Crippen LogP contribution in [0.4, 0.5) is 0 Å². The van der Waals surface area contributed by atoms with E-state index >= 15 is 0 Å². The highest BCUT2D eigenvalue weighted by Gasteiger charge is 2.04. The highest BCUT2D eigenvalue weighted by Crippen LogP contribution is 2.14. The summed E-state index contributed by atoms with van der Waals surface area (Å²) in [6.07, 6.45) is 0. The number of phenols is 1. The number of hydrogen-bond donors (Lipinski definition) is 1. The van der Waals surface area contributed by atoms with Crippen molar-refractivity contribution in [1.29, 1.82) is 0 Å². The van der Waals surface area contributed by atoms with Gasteiger partial charge in [-0.3, -0.25) is 0 Å². The quantitative estimate of drug-likeness (QED) is 0.637. The number of carbonyl (C=O) groups is 1. The van der Waals surface area contributed by atoms with Crippen LogP contribution in [0.2, 0.25) is 0 Å². The van der Waals surface area contributed by atoms with E-state index in [4.69, 9.17) is 0 Å². The molecule has 0 fully saturated rings. The molecule has 0 radical (unpaired) electrons. The minimum absolute atomic E-state index is 0.223. The van der Waals surface area contributed by atoms with Gasteiger partial charge in [0, 0.05) is 11.1 Å². The number of methoxy groups -OCH3 is 1. The number of phenolic OH excluding ortho intramolecular Hbond substituents is 1. The Morgan fingerprint density at radius 3 is 2.65 bits per heavy atom. The predicted octanol–water partition coefficient (Wildman–Crippen LogP) is 2.89. The molecule has 0 unspecified atom stereocenters. The number of carbonyl (C=O) groups excluding carboxylic acids is 1. The highest BCUT2D eigenvalue weighted by molar-refractivity contribution is 5.89. The molecule has 0 atom stereocenters. The lowest BCUT2D eigenvalue weighted by Gasteiger charge is -2.00. The zero-order valence-electron chi connectivity index (χ0n) is 11.3. The Kier molecular flexibility index (Phi) is 4.07. The van der Waals surface area contributed by atoms with Crippen molar-refractivity contribution in [2.24, 2.45) is 0 Å².